The number of methoxy groups -OCH3 is 1. The van der Waals surface area contributed by atoms with Crippen LogP contribution in [0.25, 0.3) is 0 Å². The van der Waals surface area contributed by atoms with Gasteiger partial charge in [-0.25, -0.2) is 18.0 Å². The van der Waals surface area contributed by atoms with Gasteiger partial charge in [0.05, 0.1) is 36.0 Å². The van der Waals surface area contributed by atoms with Crippen molar-refractivity contribution in [2.75, 3.05) is 19.5 Å². The molecule has 0 aromatic heterocycles. The zero-order valence-corrected chi connectivity index (χ0v) is 18.3. The topological polar surface area (TPSA) is 111 Å². The highest BCUT2D eigenvalue weighted by molar-refractivity contribution is 7.91. The molecule has 9 heteroatoms. The number of nitrogens with one attached hydrogen (secondary N) is 2. The largest absolute Gasteiger partial charge is 0.494 e. The van der Waals surface area contributed by atoms with E-state index >= 15 is 0 Å². The van der Waals surface area contributed by atoms with Gasteiger partial charge in [0, 0.05) is 5.70 Å². The van der Waals surface area contributed by atoms with Gasteiger partial charge in [0.15, 0.2) is 9.84 Å². The van der Waals surface area contributed by atoms with Crippen molar-refractivity contribution >= 4 is 21.8 Å². The van der Waals surface area contributed by atoms with Crippen LogP contribution in [-0.2, 0) is 19.4 Å². The normalized spacial score (nSPS) is 16.4. The van der Waals surface area contributed by atoms with Crippen molar-refractivity contribution < 1.29 is 27.5 Å². The van der Waals surface area contributed by atoms with Crippen molar-refractivity contribution in [1.29, 1.82) is 0 Å². The van der Waals surface area contributed by atoms with Gasteiger partial charge in [-0.2, -0.15) is 0 Å². The fourth-order valence-corrected chi connectivity index (χ4v) is 4.60. The summed E-state index contributed by atoms with van der Waals surface area (Å²) >= 11 is 0. The smallest absolute Gasteiger partial charge is 0.338 e. The summed E-state index contributed by atoms with van der Waals surface area (Å²) in [5.74, 6) is -0.653. The second-order valence-corrected chi connectivity index (χ2v) is 8.98. The summed E-state index contributed by atoms with van der Waals surface area (Å²) in [4.78, 5) is 25.0. The molecule has 8 nitrogen and oxygen atoms in total. The third-order valence-corrected chi connectivity index (χ3v) is 6.46. The molecular formula is C22H24N2O6S. The lowest BCUT2D eigenvalue weighted by molar-refractivity contribution is -0.136. The van der Waals surface area contributed by atoms with Crippen LogP contribution in [0.3, 0.4) is 0 Å². The zero-order valence-electron chi connectivity index (χ0n) is 17.5. The lowest BCUT2D eigenvalue weighted by Crippen LogP contribution is -2.47. The predicted octanol–water partition coefficient (Wildman–Crippen LogP) is 2.65. The standard InChI is InChI=1S/C22H24N2O6S/c1-4-30-16-9-7-15(8-10-16)20-19(21(25)29-3)18(23-22(26)24-20)13-31(27,28)17-11-5-14(2)6-12-17/h5-12,20H,4,13H2,1-3H3,(H2,23,24,26)/t20-/m1/s1. The molecule has 0 saturated carbocycles. The molecule has 31 heavy (non-hydrogen) atoms. The highest BCUT2D eigenvalue weighted by Gasteiger charge is 2.35. The molecule has 0 spiro atoms. The molecule has 1 aliphatic heterocycles. The predicted molar refractivity (Wildman–Crippen MR) is 114 cm³/mol. The van der Waals surface area contributed by atoms with E-state index in [4.69, 9.17) is 9.47 Å². The van der Waals surface area contributed by atoms with Crippen molar-refractivity contribution in [3.8, 4) is 5.75 Å². The number of benzene rings is 2. The average Bonchev–Trinajstić information content (AvgIpc) is 2.73. The Kier molecular flexibility index (Phi) is 6.65. The summed E-state index contributed by atoms with van der Waals surface area (Å²) in [6, 6.07) is 11.7. The Morgan fingerprint density at radius 3 is 2.29 bits per heavy atom. The minimum absolute atomic E-state index is 0.0185. The lowest BCUT2D eigenvalue weighted by Gasteiger charge is -2.29. The Hall–Kier alpha value is -3.33. The number of aryl methyl sites for hydroxylation is 1. The van der Waals surface area contributed by atoms with E-state index in [1.54, 1.807) is 36.4 Å². The first-order chi connectivity index (χ1) is 14.7. The van der Waals surface area contributed by atoms with E-state index in [9.17, 15) is 18.0 Å². The first-order valence-electron chi connectivity index (χ1n) is 9.66. The van der Waals surface area contributed by atoms with E-state index in [1.165, 1.54) is 19.2 Å². The van der Waals surface area contributed by atoms with Gasteiger partial charge in [-0.05, 0) is 43.7 Å². The van der Waals surface area contributed by atoms with Crippen LogP contribution >= 0.6 is 0 Å². The molecular weight excluding hydrogens is 420 g/mol. The molecule has 0 unspecified atom stereocenters. The molecule has 0 saturated heterocycles. The van der Waals surface area contributed by atoms with Crippen molar-refractivity contribution in [3.05, 3.63) is 70.9 Å². The van der Waals surface area contributed by atoms with E-state index in [2.05, 4.69) is 10.6 Å². The molecule has 2 aromatic rings. The van der Waals surface area contributed by atoms with Crippen molar-refractivity contribution in [2.24, 2.45) is 0 Å². The molecule has 2 N–H and O–H groups in total. The minimum atomic E-state index is -3.82. The number of sulfone groups is 1. The number of hydrogen-bond donors (Lipinski definition) is 2. The van der Waals surface area contributed by atoms with Gasteiger partial charge in [0.1, 0.15) is 5.75 Å². The Bertz CT molecular complexity index is 1110. The number of esters is 1. The van der Waals surface area contributed by atoms with Crippen LogP contribution < -0.4 is 15.4 Å². The number of rotatable bonds is 7. The van der Waals surface area contributed by atoms with Crippen LogP contribution in [0, 0.1) is 6.92 Å². The van der Waals surface area contributed by atoms with E-state index in [-0.39, 0.29) is 16.2 Å². The second kappa shape index (κ2) is 9.22. The van der Waals surface area contributed by atoms with E-state index in [0.717, 1.165) is 5.56 Å². The summed E-state index contributed by atoms with van der Waals surface area (Å²) < 4.78 is 36.2. The van der Waals surface area contributed by atoms with Crippen LogP contribution in [0.15, 0.2) is 64.7 Å². The van der Waals surface area contributed by atoms with Gasteiger partial charge in [-0.15, -0.1) is 0 Å². The van der Waals surface area contributed by atoms with Gasteiger partial charge in [-0.3, -0.25) is 0 Å². The first-order valence-corrected chi connectivity index (χ1v) is 11.3. The fraction of sp³-hybridized carbons (Fsp3) is 0.273. The number of carbonyl (C=O) groups is 2. The molecule has 1 heterocycles. The van der Waals surface area contributed by atoms with Crippen LogP contribution in [0.2, 0.25) is 0 Å². The van der Waals surface area contributed by atoms with Gasteiger partial charge in [0.2, 0.25) is 0 Å². The molecule has 1 aliphatic rings. The summed E-state index contributed by atoms with van der Waals surface area (Å²) in [5, 5.41) is 5.14. The average molecular weight is 445 g/mol. The van der Waals surface area contributed by atoms with E-state index < -0.39 is 33.6 Å². The van der Waals surface area contributed by atoms with Gasteiger partial charge < -0.3 is 20.1 Å². The molecule has 0 fully saturated rings. The Balaban J connectivity index is 2.04. The third kappa shape index (κ3) is 5.05. The van der Waals surface area contributed by atoms with Crippen LogP contribution in [0.1, 0.15) is 24.1 Å². The molecule has 1 atom stereocenters. The quantitative estimate of drug-likeness (QED) is 0.635. The fourth-order valence-electron chi connectivity index (χ4n) is 3.27. The van der Waals surface area contributed by atoms with Crippen LogP contribution in [-0.4, -0.2) is 39.9 Å². The van der Waals surface area contributed by atoms with Crippen molar-refractivity contribution in [1.82, 2.24) is 10.6 Å². The number of carbonyl (C=O) groups excluding carboxylic acids is 2. The minimum Gasteiger partial charge on any atom is -0.494 e. The Morgan fingerprint density at radius 2 is 1.71 bits per heavy atom. The number of hydrogen-bond acceptors (Lipinski definition) is 6. The zero-order chi connectivity index (χ0) is 22.6. The van der Waals surface area contributed by atoms with E-state index in [1.807, 2.05) is 13.8 Å². The maximum atomic E-state index is 13.0. The molecule has 0 aliphatic carbocycles. The third-order valence-electron chi connectivity index (χ3n) is 4.80. The lowest BCUT2D eigenvalue weighted by atomic mass is 9.95. The first kappa shape index (κ1) is 22.4. The summed E-state index contributed by atoms with van der Waals surface area (Å²) in [7, 11) is -2.62. The Labute approximate surface area is 181 Å². The molecule has 2 amide bonds. The highest BCUT2D eigenvalue weighted by Crippen LogP contribution is 2.30. The summed E-state index contributed by atoms with van der Waals surface area (Å²) in [6.45, 7) is 4.21. The maximum Gasteiger partial charge on any atom is 0.338 e. The summed E-state index contributed by atoms with van der Waals surface area (Å²) in [5.41, 5.74) is 1.51. The number of amides is 2. The number of urea groups is 1. The van der Waals surface area contributed by atoms with Gasteiger partial charge in [0.25, 0.3) is 0 Å². The molecule has 3 rings (SSSR count). The van der Waals surface area contributed by atoms with Crippen LogP contribution in [0.5, 0.6) is 5.75 Å². The van der Waals surface area contributed by atoms with Crippen molar-refractivity contribution in [2.45, 2.75) is 24.8 Å². The second-order valence-electron chi connectivity index (χ2n) is 6.99. The number of ether oxygens (including phenoxy) is 2. The molecule has 164 valence electrons. The monoisotopic (exact) mass is 444 g/mol. The highest BCUT2D eigenvalue weighted by atomic mass is 32.2. The molecule has 0 radical (unpaired) electrons. The van der Waals surface area contributed by atoms with Gasteiger partial charge in [-0.1, -0.05) is 29.8 Å². The summed E-state index contributed by atoms with van der Waals surface area (Å²) in [6.07, 6.45) is 0. The van der Waals surface area contributed by atoms with Crippen LogP contribution in [0.4, 0.5) is 4.79 Å². The SMILES string of the molecule is CCOc1ccc([C@H]2NC(=O)NC(CS(=O)(=O)c3ccc(C)cc3)=C2C(=O)OC)cc1. The maximum absolute atomic E-state index is 13.0. The molecule has 2 aromatic carbocycles. The van der Waals surface area contributed by atoms with E-state index in [0.29, 0.717) is 17.9 Å². The van der Waals surface area contributed by atoms with Gasteiger partial charge >= 0.3 is 12.0 Å². The Morgan fingerprint density at radius 1 is 1.06 bits per heavy atom. The molecule has 0 bridgehead atoms. The van der Waals surface area contributed by atoms with Crippen molar-refractivity contribution in [3.63, 3.8) is 0 Å².